The van der Waals surface area contributed by atoms with Gasteiger partial charge in [0.25, 0.3) is 5.91 Å². The maximum atomic E-state index is 14.1. The monoisotopic (exact) mass is 618 g/mol. The van der Waals surface area contributed by atoms with Gasteiger partial charge in [-0.2, -0.15) is 13.2 Å². The van der Waals surface area contributed by atoms with E-state index in [1.54, 1.807) is 26.8 Å². The second-order valence-electron chi connectivity index (χ2n) is 11.0. The molecule has 0 saturated heterocycles. The minimum absolute atomic E-state index is 0.0722. The van der Waals surface area contributed by atoms with Gasteiger partial charge in [0.1, 0.15) is 12.1 Å². The lowest BCUT2D eigenvalue weighted by atomic mass is 9.90. The molecule has 0 N–H and O–H groups in total. The Morgan fingerprint density at radius 3 is 2.21 bits per heavy atom. The van der Waals surface area contributed by atoms with E-state index in [0.717, 1.165) is 11.1 Å². The SMILES string of the molecule is CC(C)(C)OC(=O)N1CCC(c2cccc(-c3ccccc3)c2)=C(C(=O)N(Cc2cccc(Cl)c2Cl)CC(F)(F)F)C1. The normalized spacial score (nSPS) is 14.1. The smallest absolute Gasteiger partial charge is 0.410 e. The predicted molar refractivity (Wildman–Crippen MR) is 159 cm³/mol. The molecule has 42 heavy (non-hydrogen) atoms. The average molecular weight is 620 g/mol. The van der Waals surface area contributed by atoms with Crippen molar-refractivity contribution in [1.29, 1.82) is 0 Å². The fourth-order valence-electron chi connectivity index (χ4n) is 4.76. The third kappa shape index (κ3) is 8.07. The third-order valence-corrected chi connectivity index (χ3v) is 7.48. The van der Waals surface area contributed by atoms with Gasteiger partial charge >= 0.3 is 12.3 Å². The van der Waals surface area contributed by atoms with Crippen molar-refractivity contribution < 1.29 is 27.5 Å². The fraction of sp³-hybridized carbons (Fsp3) is 0.312. The van der Waals surface area contributed by atoms with Crippen LogP contribution in [0.15, 0.2) is 78.4 Å². The number of halogens is 5. The molecule has 0 radical (unpaired) electrons. The van der Waals surface area contributed by atoms with Crippen molar-refractivity contribution >= 4 is 40.8 Å². The van der Waals surface area contributed by atoms with E-state index < -0.39 is 36.9 Å². The van der Waals surface area contributed by atoms with E-state index in [1.807, 2.05) is 54.6 Å². The van der Waals surface area contributed by atoms with Crippen LogP contribution in [0, 0.1) is 0 Å². The largest absolute Gasteiger partial charge is 0.444 e. The molecule has 222 valence electrons. The van der Waals surface area contributed by atoms with E-state index in [1.165, 1.54) is 17.0 Å². The first-order valence-electron chi connectivity index (χ1n) is 13.4. The summed E-state index contributed by atoms with van der Waals surface area (Å²) >= 11 is 12.4. The summed E-state index contributed by atoms with van der Waals surface area (Å²) in [4.78, 5) is 29.1. The van der Waals surface area contributed by atoms with Crippen LogP contribution >= 0.6 is 23.2 Å². The summed E-state index contributed by atoms with van der Waals surface area (Å²) in [7, 11) is 0. The van der Waals surface area contributed by atoms with Gasteiger partial charge in [-0.25, -0.2) is 4.79 Å². The number of carbonyl (C=O) groups excluding carboxylic acids is 2. The molecule has 0 spiro atoms. The summed E-state index contributed by atoms with van der Waals surface area (Å²) < 4.78 is 47.0. The second-order valence-corrected chi connectivity index (χ2v) is 11.8. The van der Waals surface area contributed by atoms with Gasteiger partial charge < -0.3 is 14.5 Å². The zero-order valence-electron chi connectivity index (χ0n) is 23.5. The second kappa shape index (κ2) is 12.8. The van der Waals surface area contributed by atoms with Crippen LogP contribution in [0.25, 0.3) is 16.7 Å². The van der Waals surface area contributed by atoms with Crippen LogP contribution < -0.4 is 0 Å². The number of benzene rings is 3. The Morgan fingerprint density at radius 1 is 0.905 bits per heavy atom. The summed E-state index contributed by atoms with van der Waals surface area (Å²) in [5.41, 5.74) is 2.67. The lowest BCUT2D eigenvalue weighted by Crippen LogP contribution is -2.46. The molecule has 1 aliphatic heterocycles. The number of hydrogen-bond donors (Lipinski definition) is 0. The van der Waals surface area contributed by atoms with Crippen LogP contribution in [0.2, 0.25) is 10.0 Å². The zero-order valence-corrected chi connectivity index (χ0v) is 25.0. The summed E-state index contributed by atoms with van der Waals surface area (Å²) in [5, 5.41) is 0.239. The Kier molecular flexibility index (Phi) is 9.58. The third-order valence-electron chi connectivity index (χ3n) is 6.62. The van der Waals surface area contributed by atoms with Crippen LogP contribution in [0.4, 0.5) is 18.0 Å². The molecule has 2 amide bonds. The van der Waals surface area contributed by atoms with Crippen molar-refractivity contribution in [3.8, 4) is 11.1 Å². The number of amides is 2. The van der Waals surface area contributed by atoms with E-state index in [0.29, 0.717) is 16.0 Å². The molecule has 1 heterocycles. The number of alkyl halides is 3. The first-order chi connectivity index (χ1) is 19.7. The summed E-state index contributed by atoms with van der Waals surface area (Å²) in [6.45, 7) is 3.24. The van der Waals surface area contributed by atoms with Crippen LogP contribution in [0.1, 0.15) is 38.3 Å². The highest BCUT2D eigenvalue weighted by molar-refractivity contribution is 6.42. The summed E-state index contributed by atoms with van der Waals surface area (Å²) in [6, 6.07) is 21.7. The van der Waals surface area contributed by atoms with Crippen molar-refractivity contribution in [2.75, 3.05) is 19.6 Å². The van der Waals surface area contributed by atoms with Gasteiger partial charge in [0.05, 0.1) is 16.6 Å². The molecule has 0 fully saturated rings. The lowest BCUT2D eigenvalue weighted by molar-refractivity contribution is -0.160. The summed E-state index contributed by atoms with van der Waals surface area (Å²) in [5.74, 6) is -0.850. The molecule has 0 saturated carbocycles. The molecule has 0 aliphatic carbocycles. The number of nitrogens with zero attached hydrogens (tertiary/aromatic N) is 2. The Balaban J connectivity index is 1.79. The van der Waals surface area contributed by atoms with E-state index in [4.69, 9.17) is 27.9 Å². The van der Waals surface area contributed by atoms with Crippen molar-refractivity contribution in [3.05, 3.63) is 99.5 Å². The Bertz CT molecular complexity index is 1480. The topological polar surface area (TPSA) is 49.9 Å². The predicted octanol–water partition coefficient (Wildman–Crippen LogP) is 8.65. The van der Waals surface area contributed by atoms with E-state index in [2.05, 4.69) is 0 Å². The Labute approximate surface area is 253 Å². The van der Waals surface area contributed by atoms with Gasteiger partial charge in [-0.05, 0) is 67.2 Å². The van der Waals surface area contributed by atoms with Gasteiger partial charge in [-0.15, -0.1) is 0 Å². The quantitative estimate of drug-likeness (QED) is 0.278. The molecule has 4 rings (SSSR count). The Morgan fingerprint density at radius 2 is 1.55 bits per heavy atom. The minimum atomic E-state index is -4.69. The maximum Gasteiger partial charge on any atom is 0.410 e. The van der Waals surface area contributed by atoms with E-state index in [-0.39, 0.29) is 40.7 Å². The molecular weight excluding hydrogens is 588 g/mol. The van der Waals surface area contributed by atoms with Crippen molar-refractivity contribution in [3.63, 3.8) is 0 Å². The van der Waals surface area contributed by atoms with Gasteiger partial charge in [0.2, 0.25) is 0 Å². The molecule has 10 heteroatoms. The van der Waals surface area contributed by atoms with Gasteiger partial charge in [-0.3, -0.25) is 4.79 Å². The molecule has 3 aromatic rings. The minimum Gasteiger partial charge on any atom is -0.444 e. The first kappa shape index (κ1) is 31.4. The molecule has 0 unspecified atom stereocenters. The number of ether oxygens (including phenoxy) is 1. The highest BCUT2D eigenvalue weighted by Gasteiger charge is 2.37. The maximum absolute atomic E-state index is 14.1. The Hall–Kier alpha value is -3.49. The number of rotatable bonds is 6. The number of hydrogen-bond acceptors (Lipinski definition) is 3. The van der Waals surface area contributed by atoms with Crippen molar-refractivity contribution in [1.82, 2.24) is 9.80 Å². The van der Waals surface area contributed by atoms with Crippen LogP contribution in [0.5, 0.6) is 0 Å². The van der Waals surface area contributed by atoms with Crippen LogP contribution in [0.3, 0.4) is 0 Å². The van der Waals surface area contributed by atoms with Gasteiger partial charge in [0, 0.05) is 18.7 Å². The van der Waals surface area contributed by atoms with E-state index in [9.17, 15) is 22.8 Å². The molecule has 1 aliphatic rings. The van der Waals surface area contributed by atoms with Crippen molar-refractivity contribution in [2.24, 2.45) is 0 Å². The average Bonchev–Trinajstić information content (AvgIpc) is 2.93. The lowest BCUT2D eigenvalue weighted by Gasteiger charge is -2.34. The highest BCUT2D eigenvalue weighted by Crippen LogP contribution is 2.34. The summed E-state index contributed by atoms with van der Waals surface area (Å²) in [6.07, 6.45) is -5.09. The van der Waals surface area contributed by atoms with E-state index >= 15 is 0 Å². The van der Waals surface area contributed by atoms with Crippen molar-refractivity contribution in [2.45, 2.75) is 45.5 Å². The molecule has 0 aromatic heterocycles. The molecule has 3 aromatic carbocycles. The van der Waals surface area contributed by atoms with Gasteiger partial charge in [0.15, 0.2) is 0 Å². The zero-order chi connectivity index (χ0) is 30.7. The standard InChI is InChI=1S/C32H31Cl2F3N2O3/c1-31(2,3)42-30(41)38-16-15-25(23-12-7-11-22(17-23)21-9-5-4-6-10-21)26(19-38)29(40)39(20-32(35,36)37)18-24-13-8-14-27(33)28(24)34/h4-14,17H,15-16,18-20H2,1-3H3. The molecule has 0 bridgehead atoms. The highest BCUT2D eigenvalue weighted by atomic mass is 35.5. The van der Waals surface area contributed by atoms with Gasteiger partial charge in [-0.1, -0.05) is 83.9 Å². The molecular formula is C32H31Cl2F3N2O3. The number of carbonyl (C=O) groups is 2. The molecule has 5 nitrogen and oxygen atoms in total. The molecule has 0 atom stereocenters. The van der Waals surface area contributed by atoms with Crippen LogP contribution in [-0.2, 0) is 16.1 Å². The fourth-order valence-corrected chi connectivity index (χ4v) is 5.14. The van der Waals surface area contributed by atoms with Crippen LogP contribution in [-0.4, -0.2) is 53.2 Å². The first-order valence-corrected chi connectivity index (χ1v) is 14.1.